The molecular formula is C13H21BrNO+. The predicted octanol–water partition coefficient (Wildman–Crippen LogP) is 2.58. The van der Waals surface area contributed by atoms with Gasteiger partial charge >= 0.3 is 0 Å². The Labute approximate surface area is 107 Å². The van der Waals surface area contributed by atoms with Crippen molar-refractivity contribution in [1.29, 1.82) is 0 Å². The Balaban J connectivity index is 2.12. The van der Waals surface area contributed by atoms with Crippen LogP contribution in [-0.2, 0) is 0 Å². The summed E-state index contributed by atoms with van der Waals surface area (Å²) in [4.78, 5) is 0. The molecule has 2 N–H and O–H groups in total. The van der Waals surface area contributed by atoms with Gasteiger partial charge in [0.15, 0.2) is 0 Å². The van der Waals surface area contributed by atoms with Gasteiger partial charge in [0.25, 0.3) is 0 Å². The summed E-state index contributed by atoms with van der Waals surface area (Å²) in [7, 11) is 0. The lowest BCUT2D eigenvalue weighted by molar-refractivity contribution is -0.686. The first-order chi connectivity index (χ1) is 7.72. The molecule has 0 fully saturated rings. The maximum absolute atomic E-state index is 5.65. The molecule has 1 atom stereocenters. The number of hydrogen-bond acceptors (Lipinski definition) is 1. The van der Waals surface area contributed by atoms with Crippen LogP contribution in [0.25, 0.3) is 0 Å². The number of nitrogens with two attached hydrogens (primary N) is 1. The number of ether oxygens (including phenoxy) is 1. The number of quaternary nitrogens is 1. The highest BCUT2D eigenvalue weighted by molar-refractivity contribution is 9.10. The summed E-state index contributed by atoms with van der Waals surface area (Å²) in [6, 6.07) is 8.71. The van der Waals surface area contributed by atoms with Gasteiger partial charge in [0, 0.05) is 10.9 Å². The van der Waals surface area contributed by atoms with Crippen molar-refractivity contribution in [3.8, 4) is 5.75 Å². The zero-order valence-corrected chi connectivity index (χ0v) is 11.7. The Morgan fingerprint density at radius 1 is 1.44 bits per heavy atom. The summed E-state index contributed by atoms with van der Waals surface area (Å²) < 4.78 is 6.72. The van der Waals surface area contributed by atoms with Crippen molar-refractivity contribution in [2.24, 2.45) is 0 Å². The first-order valence-electron chi connectivity index (χ1n) is 5.94. The molecule has 0 heterocycles. The molecule has 0 aliphatic heterocycles. The standard InChI is InChI=1S/C13H20BrNO/c1-3-11(2)15-8-5-9-16-13-7-4-6-12(14)10-13/h4,6-7,10-11,15H,3,5,8-9H2,1-2H3/p+1/t11-/m1/s1. The van der Waals surface area contributed by atoms with Crippen molar-refractivity contribution in [3.05, 3.63) is 28.7 Å². The summed E-state index contributed by atoms with van der Waals surface area (Å²) in [5.41, 5.74) is 0. The largest absolute Gasteiger partial charge is 0.493 e. The molecule has 16 heavy (non-hydrogen) atoms. The summed E-state index contributed by atoms with van der Waals surface area (Å²) in [5.74, 6) is 0.943. The zero-order valence-electron chi connectivity index (χ0n) is 10.1. The maximum Gasteiger partial charge on any atom is 0.120 e. The van der Waals surface area contributed by atoms with Crippen LogP contribution in [0.2, 0.25) is 0 Å². The Bertz CT molecular complexity index is 304. The van der Waals surface area contributed by atoms with E-state index in [1.807, 2.05) is 24.3 Å². The molecule has 0 saturated heterocycles. The predicted molar refractivity (Wildman–Crippen MR) is 70.8 cm³/mol. The molecule has 0 aliphatic rings. The van der Waals surface area contributed by atoms with Gasteiger partial charge in [0.2, 0.25) is 0 Å². The van der Waals surface area contributed by atoms with Gasteiger partial charge in [-0.05, 0) is 31.5 Å². The zero-order chi connectivity index (χ0) is 11.8. The van der Waals surface area contributed by atoms with E-state index in [1.165, 1.54) is 6.42 Å². The van der Waals surface area contributed by atoms with Gasteiger partial charge in [-0.1, -0.05) is 28.9 Å². The van der Waals surface area contributed by atoms with Crippen LogP contribution < -0.4 is 10.1 Å². The molecule has 0 radical (unpaired) electrons. The lowest BCUT2D eigenvalue weighted by Gasteiger charge is -2.09. The highest BCUT2D eigenvalue weighted by atomic mass is 79.9. The fourth-order valence-corrected chi connectivity index (χ4v) is 1.78. The van der Waals surface area contributed by atoms with Gasteiger partial charge in [-0.3, -0.25) is 0 Å². The van der Waals surface area contributed by atoms with Crippen LogP contribution in [0.15, 0.2) is 28.7 Å². The molecular weight excluding hydrogens is 266 g/mol. The third-order valence-electron chi connectivity index (χ3n) is 2.63. The van der Waals surface area contributed by atoms with Crippen molar-refractivity contribution in [2.45, 2.75) is 32.7 Å². The average molecular weight is 287 g/mol. The second-order valence-corrected chi connectivity index (χ2v) is 4.98. The Hall–Kier alpha value is -0.540. The van der Waals surface area contributed by atoms with Gasteiger partial charge in [-0.2, -0.15) is 0 Å². The third-order valence-corrected chi connectivity index (χ3v) is 3.12. The van der Waals surface area contributed by atoms with Crippen LogP contribution in [-0.4, -0.2) is 19.2 Å². The first kappa shape index (κ1) is 13.5. The van der Waals surface area contributed by atoms with Crippen LogP contribution in [0.1, 0.15) is 26.7 Å². The Morgan fingerprint density at radius 2 is 2.25 bits per heavy atom. The van der Waals surface area contributed by atoms with Crippen molar-refractivity contribution < 1.29 is 10.1 Å². The van der Waals surface area contributed by atoms with Crippen molar-refractivity contribution in [3.63, 3.8) is 0 Å². The molecule has 0 bridgehead atoms. The van der Waals surface area contributed by atoms with Crippen molar-refractivity contribution in [2.75, 3.05) is 13.2 Å². The second kappa shape index (κ2) is 7.69. The number of hydrogen-bond donors (Lipinski definition) is 1. The SMILES string of the molecule is CC[C@@H](C)[NH2+]CCCOc1cccc(Br)c1. The number of rotatable bonds is 7. The van der Waals surface area contributed by atoms with Crippen LogP contribution in [0.4, 0.5) is 0 Å². The van der Waals surface area contributed by atoms with E-state index < -0.39 is 0 Å². The van der Waals surface area contributed by atoms with Crippen molar-refractivity contribution in [1.82, 2.24) is 0 Å². The van der Waals surface area contributed by atoms with E-state index in [2.05, 4.69) is 35.1 Å². The Morgan fingerprint density at radius 3 is 2.94 bits per heavy atom. The second-order valence-electron chi connectivity index (χ2n) is 4.07. The number of benzene rings is 1. The molecule has 1 rings (SSSR count). The van der Waals surface area contributed by atoms with Gasteiger partial charge < -0.3 is 10.1 Å². The smallest absolute Gasteiger partial charge is 0.120 e. The monoisotopic (exact) mass is 286 g/mol. The topological polar surface area (TPSA) is 25.8 Å². The summed E-state index contributed by atoms with van der Waals surface area (Å²) in [6.07, 6.45) is 2.32. The van der Waals surface area contributed by atoms with Crippen molar-refractivity contribution >= 4 is 15.9 Å². The Kier molecular flexibility index (Phi) is 6.50. The van der Waals surface area contributed by atoms with Gasteiger partial charge in [0.1, 0.15) is 5.75 Å². The molecule has 0 unspecified atom stereocenters. The normalized spacial score (nSPS) is 12.4. The minimum absolute atomic E-state index is 0.728. The maximum atomic E-state index is 5.65. The lowest BCUT2D eigenvalue weighted by atomic mass is 10.2. The fourth-order valence-electron chi connectivity index (χ4n) is 1.40. The van der Waals surface area contributed by atoms with Crippen LogP contribution in [0.3, 0.4) is 0 Å². The van der Waals surface area contributed by atoms with Gasteiger partial charge in [-0.25, -0.2) is 0 Å². The molecule has 0 amide bonds. The van der Waals surface area contributed by atoms with E-state index in [9.17, 15) is 0 Å². The molecule has 2 nitrogen and oxygen atoms in total. The summed E-state index contributed by atoms with van der Waals surface area (Å²) >= 11 is 3.43. The highest BCUT2D eigenvalue weighted by Gasteiger charge is 2.00. The lowest BCUT2D eigenvalue weighted by Crippen LogP contribution is -2.89. The van der Waals surface area contributed by atoms with E-state index in [0.29, 0.717) is 0 Å². The molecule has 0 saturated carbocycles. The van der Waals surface area contributed by atoms with E-state index in [-0.39, 0.29) is 0 Å². The average Bonchev–Trinajstić information content (AvgIpc) is 2.28. The van der Waals surface area contributed by atoms with Gasteiger partial charge in [-0.15, -0.1) is 0 Å². The van der Waals surface area contributed by atoms with Crippen LogP contribution in [0.5, 0.6) is 5.75 Å². The number of halogens is 1. The third kappa shape index (κ3) is 5.52. The quantitative estimate of drug-likeness (QED) is 0.766. The summed E-state index contributed by atoms with van der Waals surface area (Å²) in [6.45, 7) is 6.42. The molecule has 90 valence electrons. The molecule has 0 aromatic heterocycles. The summed E-state index contributed by atoms with van der Waals surface area (Å²) in [5, 5.41) is 2.38. The molecule has 1 aromatic rings. The van der Waals surface area contributed by atoms with E-state index in [0.717, 1.165) is 35.8 Å². The van der Waals surface area contributed by atoms with E-state index in [4.69, 9.17) is 4.74 Å². The molecule has 0 spiro atoms. The van der Waals surface area contributed by atoms with Crippen LogP contribution >= 0.6 is 15.9 Å². The van der Waals surface area contributed by atoms with Gasteiger partial charge in [0.05, 0.1) is 19.2 Å². The van der Waals surface area contributed by atoms with Crippen LogP contribution in [0, 0.1) is 0 Å². The van der Waals surface area contributed by atoms with E-state index in [1.54, 1.807) is 0 Å². The first-order valence-corrected chi connectivity index (χ1v) is 6.73. The fraction of sp³-hybridized carbons (Fsp3) is 0.538. The highest BCUT2D eigenvalue weighted by Crippen LogP contribution is 2.17. The van der Waals surface area contributed by atoms with E-state index >= 15 is 0 Å². The molecule has 1 aromatic carbocycles. The molecule has 0 aliphatic carbocycles. The minimum Gasteiger partial charge on any atom is -0.493 e. The molecule has 3 heteroatoms. The minimum atomic E-state index is 0.728.